The minimum atomic E-state index is -0.845. The zero-order valence-electron chi connectivity index (χ0n) is 9.83. The van der Waals surface area contributed by atoms with Crippen LogP contribution in [0, 0.1) is 5.92 Å². The molecule has 6 heteroatoms. The molecule has 0 spiro atoms. The van der Waals surface area contributed by atoms with E-state index in [4.69, 9.17) is 10.8 Å². The molecule has 1 fully saturated rings. The molecule has 18 heavy (non-hydrogen) atoms. The average Bonchev–Trinajstić information content (AvgIpc) is 2.98. The molecule has 1 aromatic rings. The molecular formula is C12H16N2O3S. The summed E-state index contributed by atoms with van der Waals surface area (Å²) in [6.07, 6.45) is 2.16. The Morgan fingerprint density at radius 3 is 2.89 bits per heavy atom. The highest BCUT2D eigenvalue weighted by molar-refractivity contribution is 7.10. The van der Waals surface area contributed by atoms with E-state index >= 15 is 0 Å². The maximum Gasteiger partial charge on any atom is 0.308 e. The number of carboxylic acids is 1. The number of rotatable bonds is 4. The third-order valence-corrected chi connectivity index (χ3v) is 4.25. The molecule has 1 amide bonds. The molecule has 98 valence electrons. The van der Waals surface area contributed by atoms with Crippen LogP contribution in [0.25, 0.3) is 0 Å². The van der Waals surface area contributed by atoms with E-state index in [1.807, 2.05) is 11.4 Å². The molecule has 2 rings (SSSR count). The van der Waals surface area contributed by atoms with E-state index in [0.717, 1.165) is 11.3 Å². The van der Waals surface area contributed by atoms with Gasteiger partial charge in [-0.2, -0.15) is 0 Å². The van der Waals surface area contributed by atoms with Gasteiger partial charge in [0.25, 0.3) is 0 Å². The van der Waals surface area contributed by atoms with Crippen molar-refractivity contribution in [3.05, 3.63) is 22.4 Å². The van der Waals surface area contributed by atoms with Gasteiger partial charge in [-0.05, 0) is 24.3 Å². The van der Waals surface area contributed by atoms with Crippen molar-refractivity contribution >= 4 is 23.2 Å². The van der Waals surface area contributed by atoms with Crippen LogP contribution in [0.1, 0.15) is 30.2 Å². The molecule has 0 saturated heterocycles. The van der Waals surface area contributed by atoms with Crippen molar-refractivity contribution in [2.75, 3.05) is 0 Å². The highest BCUT2D eigenvalue weighted by atomic mass is 32.1. The van der Waals surface area contributed by atoms with E-state index in [9.17, 15) is 9.59 Å². The van der Waals surface area contributed by atoms with Gasteiger partial charge in [0, 0.05) is 10.9 Å². The topological polar surface area (TPSA) is 92.4 Å². The van der Waals surface area contributed by atoms with E-state index in [1.54, 1.807) is 6.07 Å². The second-order valence-electron chi connectivity index (χ2n) is 4.48. The Labute approximate surface area is 109 Å². The van der Waals surface area contributed by atoms with Crippen LogP contribution in [0.2, 0.25) is 0 Å². The Morgan fingerprint density at radius 1 is 1.50 bits per heavy atom. The predicted octanol–water partition coefficient (Wildman–Crippen LogP) is 1.12. The fourth-order valence-electron chi connectivity index (χ4n) is 2.30. The summed E-state index contributed by atoms with van der Waals surface area (Å²) >= 11 is 1.42. The molecule has 1 aromatic heterocycles. The Kier molecular flexibility index (Phi) is 3.98. The van der Waals surface area contributed by atoms with Crippen LogP contribution in [0.15, 0.2) is 17.5 Å². The molecule has 3 atom stereocenters. The molecule has 0 bridgehead atoms. The van der Waals surface area contributed by atoms with E-state index in [2.05, 4.69) is 5.32 Å². The lowest BCUT2D eigenvalue weighted by atomic mass is 10.0. The van der Waals surface area contributed by atoms with Gasteiger partial charge in [0.05, 0.1) is 5.92 Å². The van der Waals surface area contributed by atoms with Crippen LogP contribution < -0.4 is 11.1 Å². The van der Waals surface area contributed by atoms with Crippen LogP contribution in [0.5, 0.6) is 0 Å². The molecule has 0 radical (unpaired) electrons. The number of thiophene rings is 1. The second kappa shape index (κ2) is 5.49. The smallest absolute Gasteiger partial charge is 0.308 e. The molecule has 0 aliphatic heterocycles. The molecule has 4 N–H and O–H groups in total. The number of aliphatic carboxylic acids is 1. The van der Waals surface area contributed by atoms with Crippen molar-refractivity contribution in [1.82, 2.24) is 5.32 Å². The third kappa shape index (κ3) is 2.70. The van der Waals surface area contributed by atoms with Gasteiger partial charge in [-0.15, -0.1) is 11.3 Å². The van der Waals surface area contributed by atoms with Crippen molar-refractivity contribution < 1.29 is 14.7 Å². The highest BCUT2D eigenvalue weighted by Gasteiger charge is 2.34. The third-order valence-electron chi connectivity index (χ3n) is 3.29. The number of carbonyl (C=O) groups is 2. The average molecular weight is 268 g/mol. The Balaban J connectivity index is 1.97. The fraction of sp³-hybridized carbons (Fsp3) is 0.500. The van der Waals surface area contributed by atoms with Crippen LogP contribution in [0.3, 0.4) is 0 Å². The maximum atomic E-state index is 11.9. The van der Waals surface area contributed by atoms with Gasteiger partial charge in [-0.1, -0.05) is 12.5 Å². The number of carboxylic acid groups (broad SMARTS) is 1. The number of hydrogen-bond donors (Lipinski definition) is 3. The van der Waals surface area contributed by atoms with Crippen molar-refractivity contribution in [3.8, 4) is 0 Å². The van der Waals surface area contributed by atoms with Crippen molar-refractivity contribution in [3.63, 3.8) is 0 Å². The number of nitrogens with two attached hydrogens (primary N) is 1. The van der Waals surface area contributed by atoms with Crippen LogP contribution in [-0.4, -0.2) is 23.0 Å². The SMILES string of the molecule is NC(C(=O)NC1CCCC1C(=O)O)c1cccs1. The predicted molar refractivity (Wildman–Crippen MR) is 68.2 cm³/mol. The van der Waals surface area contributed by atoms with Crippen molar-refractivity contribution in [1.29, 1.82) is 0 Å². The van der Waals surface area contributed by atoms with Crippen LogP contribution >= 0.6 is 11.3 Å². The lowest BCUT2D eigenvalue weighted by molar-refractivity contribution is -0.142. The van der Waals surface area contributed by atoms with Crippen molar-refractivity contribution in [2.24, 2.45) is 11.7 Å². The van der Waals surface area contributed by atoms with E-state index in [-0.39, 0.29) is 11.9 Å². The first kappa shape index (κ1) is 13.0. The maximum absolute atomic E-state index is 11.9. The van der Waals surface area contributed by atoms with Crippen LogP contribution in [0.4, 0.5) is 0 Å². The second-order valence-corrected chi connectivity index (χ2v) is 5.46. The number of carbonyl (C=O) groups excluding carboxylic acids is 1. The van der Waals surface area contributed by atoms with Gasteiger partial charge in [0.2, 0.25) is 5.91 Å². The first-order chi connectivity index (χ1) is 8.59. The summed E-state index contributed by atoms with van der Waals surface area (Å²) in [7, 11) is 0. The monoisotopic (exact) mass is 268 g/mol. The first-order valence-corrected chi connectivity index (χ1v) is 6.79. The lowest BCUT2D eigenvalue weighted by Crippen LogP contribution is -2.44. The Morgan fingerprint density at radius 2 is 2.28 bits per heavy atom. The van der Waals surface area contributed by atoms with Gasteiger partial charge < -0.3 is 16.2 Å². The Bertz CT molecular complexity index is 433. The molecule has 3 unspecified atom stereocenters. The summed E-state index contributed by atoms with van der Waals surface area (Å²) in [6, 6.07) is 2.64. The van der Waals surface area contributed by atoms with Gasteiger partial charge in [-0.3, -0.25) is 9.59 Å². The standard InChI is InChI=1S/C12H16N2O3S/c13-10(9-5-2-6-18-9)11(15)14-8-4-1-3-7(8)12(16)17/h2,5-8,10H,1,3-4,13H2,(H,14,15)(H,16,17). The zero-order valence-corrected chi connectivity index (χ0v) is 10.7. The summed E-state index contributed by atoms with van der Waals surface area (Å²) in [5.74, 6) is -1.62. The number of nitrogens with one attached hydrogen (secondary N) is 1. The summed E-state index contributed by atoms with van der Waals surface area (Å²) < 4.78 is 0. The molecule has 5 nitrogen and oxygen atoms in total. The number of amides is 1. The van der Waals surface area contributed by atoms with Gasteiger partial charge in [0.1, 0.15) is 6.04 Å². The van der Waals surface area contributed by atoms with E-state index in [0.29, 0.717) is 12.8 Å². The fourth-order valence-corrected chi connectivity index (χ4v) is 3.02. The number of hydrogen-bond acceptors (Lipinski definition) is 4. The highest BCUT2D eigenvalue weighted by Crippen LogP contribution is 2.26. The minimum absolute atomic E-state index is 0.291. The summed E-state index contributed by atoms with van der Waals surface area (Å²) in [4.78, 5) is 23.7. The quantitative estimate of drug-likeness (QED) is 0.763. The molecule has 1 aliphatic carbocycles. The van der Waals surface area contributed by atoms with Crippen LogP contribution in [-0.2, 0) is 9.59 Å². The van der Waals surface area contributed by atoms with E-state index in [1.165, 1.54) is 11.3 Å². The molecule has 1 saturated carbocycles. The summed E-state index contributed by atoms with van der Waals surface area (Å²) in [5, 5.41) is 13.7. The van der Waals surface area contributed by atoms with Gasteiger partial charge in [0.15, 0.2) is 0 Å². The van der Waals surface area contributed by atoms with Gasteiger partial charge in [-0.25, -0.2) is 0 Å². The lowest BCUT2D eigenvalue weighted by Gasteiger charge is -2.19. The normalized spacial score (nSPS) is 24.7. The molecule has 1 heterocycles. The molecule has 1 aliphatic rings. The Hall–Kier alpha value is -1.40. The van der Waals surface area contributed by atoms with E-state index < -0.39 is 17.9 Å². The molecule has 0 aromatic carbocycles. The largest absolute Gasteiger partial charge is 0.481 e. The minimum Gasteiger partial charge on any atom is -0.481 e. The summed E-state index contributed by atoms with van der Waals surface area (Å²) in [6.45, 7) is 0. The zero-order chi connectivity index (χ0) is 13.1. The first-order valence-electron chi connectivity index (χ1n) is 5.91. The molecular weight excluding hydrogens is 252 g/mol. The van der Waals surface area contributed by atoms with Gasteiger partial charge >= 0.3 is 5.97 Å². The summed E-state index contributed by atoms with van der Waals surface area (Å²) in [5.41, 5.74) is 5.83. The van der Waals surface area contributed by atoms with Crippen molar-refractivity contribution in [2.45, 2.75) is 31.3 Å².